The van der Waals surface area contributed by atoms with E-state index in [9.17, 15) is 18.0 Å². The Morgan fingerprint density at radius 1 is 1.53 bits per heavy atom. The molecular weight excluding hydrogens is 229 g/mol. The van der Waals surface area contributed by atoms with Crippen LogP contribution in [0.2, 0.25) is 0 Å². The number of hydrogen-bond acceptors (Lipinski definition) is 4. The minimum atomic E-state index is -4.86. The number of Topliss-reactive ketones (excluding diaryl/α,β-unsaturated/α-hetero) is 1. The molecule has 84 valence electrons. The molecule has 0 fully saturated rings. The number of alkyl halides is 3. The van der Waals surface area contributed by atoms with Gasteiger partial charge in [-0.15, -0.1) is 11.3 Å². The van der Waals surface area contributed by atoms with Gasteiger partial charge in [-0.05, 0) is 19.9 Å². The minimum absolute atomic E-state index is 0.322. The van der Waals surface area contributed by atoms with Crippen LogP contribution in [0, 0.1) is 6.92 Å². The Morgan fingerprint density at radius 3 is 2.60 bits per heavy atom. The summed E-state index contributed by atoms with van der Waals surface area (Å²) in [6.07, 6.45) is -4.42. The Morgan fingerprint density at radius 2 is 2.13 bits per heavy atom. The monoisotopic (exact) mass is 238 g/mol. The molecule has 0 aliphatic heterocycles. The number of carbonyl (C=O) groups excluding carboxylic acids is 1. The standard InChI is InChI=1S/C8H9F3N2OS/c1-4-5(2-3-12)15-7(13-4)6(14)8(9,10)11/h2-3,12H2,1H3. The van der Waals surface area contributed by atoms with E-state index in [-0.39, 0.29) is 0 Å². The molecule has 1 aromatic rings. The fourth-order valence-electron chi connectivity index (χ4n) is 1.01. The third-order valence-electron chi connectivity index (χ3n) is 1.72. The van der Waals surface area contributed by atoms with Crippen molar-refractivity contribution in [3.05, 3.63) is 15.6 Å². The molecule has 15 heavy (non-hydrogen) atoms. The van der Waals surface area contributed by atoms with Gasteiger partial charge in [0.1, 0.15) is 0 Å². The van der Waals surface area contributed by atoms with E-state index in [0.29, 0.717) is 23.5 Å². The lowest BCUT2D eigenvalue weighted by atomic mass is 10.3. The highest BCUT2D eigenvalue weighted by Gasteiger charge is 2.41. The molecule has 0 unspecified atom stereocenters. The molecule has 2 N–H and O–H groups in total. The number of nitrogens with zero attached hydrogens (tertiary/aromatic N) is 1. The Kier molecular flexibility index (Phi) is 3.46. The van der Waals surface area contributed by atoms with E-state index < -0.39 is 17.0 Å². The van der Waals surface area contributed by atoms with Crippen LogP contribution in [-0.2, 0) is 6.42 Å². The maximum Gasteiger partial charge on any atom is 0.457 e. The quantitative estimate of drug-likeness (QED) is 0.815. The highest BCUT2D eigenvalue weighted by Crippen LogP contribution is 2.26. The molecule has 0 aromatic carbocycles. The van der Waals surface area contributed by atoms with Crippen molar-refractivity contribution in [2.75, 3.05) is 6.54 Å². The second-order valence-electron chi connectivity index (χ2n) is 2.89. The van der Waals surface area contributed by atoms with Crippen LogP contribution in [0.5, 0.6) is 0 Å². The molecule has 7 heteroatoms. The molecule has 0 saturated carbocycles. The predicted octanol–water partition coefficient (Wildman–Crippen LogP) is 1.70. The smallest absolute Gasteiger partial charge is 0.330 e. The summed E-state index contributed by atoms with van der Waals surface area (Å²) in [6, 6.07) is 0. The van der Waals surface area contributed by atoms with E-state index in [4.69, 9.17) is 5.73 Å². The van der Waals surface area contributed by atoms with Gasteiger partial charge >= 0.3 is 6.18 Å². The van der Waals surface area contributed by atoms with Crippen molar-refractivity contribution < 1.29 is 18.0 Å². The zero-order valence-electron chi connectivity index (χ0n) is 7.89. The zero-order valence-corrected chi connectivity index (χ0v) is 8.71. The fraction of sp³-hybridized carbons (Fsp3) is 0.500. The van der Waals surface area contributed by atoms with E-state index in [2.05, 4.69) is 4.98 Å². The van der Waals surface area contributed by atoms with Crippen LogP contribution in [0.25, 0.3) is 0 Å². The normalized spacial score (nSPS) is 11.8. The van der Waals surface area contributed by atoms with Crippen LogP contribution in [0.15, 0.2) is 0 Å². The highest BCUT2D eigenvalue weighted by atomic mass is 32.1. The first-order chi connectivity index (χ1) is 6.86. The third kappa shape index (κ3) is 2.75. The second-order valence-corrected chi connectivity index (χ2v) is 3.98. The summed E-state index contributed by atoms with van der Waals surface area (Å²) in [4.78, 5) is 15.0. The van der Waals surface area contributed by atoms with E-state index in [1.54, 1.807) is 6.92 Å². The third-order valence-corrected chi connectivity index (χ3v) is 2.93. The highest BCUT2D eigenvalue weighted by molar-refractivity contribution is 7.13. The lowest BCUT2D eigenvalue weighted by Crippen LogP contribution is -2.22. The first-order valence-corrected chi connectivity index (χ1v) is 4.95. The lowest BCUT2D eigenvalue weighted by Gasteiger charge is -2.00. The number of nitrogens with two attached hydrogens (primary N) is 1. The number of rotatable bonds is 3. The molecule has 0 radical (unpaired) electrons. The topological polar surface area (TPSA) is 56.0 Å². The molecule has 0 spiro atoms. The minimum Gasteiger partial charge on any atom is -0.330 e. The van der Waals surface area contributed by atoms with Gasteiger partial charge in [-0.25, -0.2) is 4.98 Å². The Bertz CT molecular complexity index is 372. The molecule has 1 rings (SSSR count). The average Bonchev–Trinajstić information content (AvgIpc) is 2.46. The summed E-state index contributed by atoms with van der Waals surface area (Å²) in [6.45, 7) is 1.89. The first kappa shape index (κ1) is 12.1. The predicted molar refractivity (Wildman–Crippen MR) is 50.0 cm³/mol. The fourth-order valence-corrected chi connectivity index (χ4v) is 2.05. The van der Waals surface area contributed by atoms with Gasteiger partial charge in [0.05, 0.1) is 5.69 Å². The summed E-state index contributed by atoms with van der Waals surface area (Å²) < 4.78 is 36.2. The number of thiazole rings is 1. The lowest BCUT2D eigenvalue weighted by molar-refractivity contribution is -0.0885. The SMILES string of the molecule is Cc1nc(C(=O)C(F)(F)F)sc1CCN. The summed E-state index contributed by atoms with van der Waals surface area (Å²) >= 11 is 0.758. The van der Waals surface area contributed by atoms with E-state index in [1.807, 2.05) is 0 Å². The van der Waals surface area contributed by atoms with Crippen LogP contribution in [0.4, 0.5) is 13.2 Å². The van der Waals surface area contributed by atoms with Crippen molar-refractivity contribution in [2.24, 2.45) is 5.73 Å². The zero-order chi connectivity index (χ0) is 11.6. The molecule has 0 saturated heterocycles. The van der Waals surface area contributed by atoms with Crippen molar-refractivity contribution in [2.45, 2.75) is 19.5 Å². The number of halogens is 3. The van der Waals surface area contributed by atoms with E-state index in [0.717, 1.165) is 11.3 Å². The first-order valence-electron chi connectivity index (χ1n) is 4.14. The van der Waals surface area contributed by atoms with Crippen LogP contribution < -0.4 is 5.73 Å². The van der Waals surface area contributed by atoms with Gasteiger partial charge in [0.25, 0.3) is 5.78 Å². The molecule has 1 heterocycles. The summed E-state index contributed by atoms with van der Waals surface area (Å²) in [5.74, 6) is -1.89. The Labute approximate surface area is 88.1 Å². The Balaban J connectivity index is 2.97. The van der Waals surface area contributed by atoms with Crippen LogP contribution >= 0.6 is 11.3 Å². The van der Waals surface area contributed by atoms with Crippen molar-refractivity contribution >= 4 is 17.1 Å². The van der Waals surface area contributed by atoms with Crippen molar-refractivity contribution in [1.29, 1.82) is 0 Å². The van der Waals surface area contributed by atoms with Crippen molar-refractivity contribution in [3.8, 4) is 0 Å². The van der Waals surface area contributed by atoms with Crippen LogP contribution in [-0.4, -0.2) is 23.5 Å². The molecule has 0 amide bonds. The number of aryl methyl sites for hydroxylation is 1. The van der Waals surface area contributed by atoms with Crippen molar-refractivity contribution in [1.82, 2.24) is 4.98 Å². The van der Waals surface area contributed by atoms with E-state index in [1.165, 1.54) is 0 Å². The van der Waals surface area contributed by atoms with Gasteiger partial charge in [-0.1, -0.05) is 0 Å². The van der Waals surface area contributed by atoms with Crippen molar-refractivity contribution in [3.63, 3.8) is 0 Å². The molecule has 0 bridgehead atoms. The number of carbonyl (C=O) groups is 1. The van der Waals surface area contributed by atoms with Crippen LogP contribution in [0.3, 0.4) is 0 Å². The second kappa shape index (κ2) is 4.28. The van der Waals surface area contributed by atoms with Gasteiger partial charge in [-0.3, -0.25) is 4.79 Å². The summed E-state index contributed by atoms with van der Waals surface area (Å²) in [7, 11) is 0. The summed E-state index contributed by atoms with van der Waals surface area (Å²) in [5, 5.41) is -0.511. The summed E-state index contributed by atoms with van der Waals surface area (Å²) in [5.41, 5.74) is 5.71. The molecule has 0 atom stereocenters. The molecule has 0 aliphatic rings. The average molecular weight is 238 g/mol. The number of ketones is 1. The number of aromatic nitrogens is 1. The largest absolute Gasteiger partial charge is 0.457 e. The van der Waals surface area contributed by atoms with Gasteiger partial charge in [0.15, 0.2) is 5.01 Å². The maximum atomic E-state index is 12.1. The van der Waals surface area contributed by atoms with Crippen LogP contribution in [0.1, 0.15) is 20.4 Å². The molecule has 3 nitrogen and oxygen atoms in total. The number of hydrogen-bond donors (Lipinski definition) is 1. The molecular formula is C8H9F3N2OS. The maximum absolute atomic E-state index is 12.1. The molecule has 0 aliphatic carbocycles. The van der Waals surface area contributed by atoms with Gasteiger partial charge in [-0.2, -0.15) is 13.2 Å². The molecule has 1 aromatic heterocycles. The van der Waals surface area contributed by atoms with Gasteiger partial charge in [0, 0.05) is 4.88 Å². The van der Waals surface area contributed by atoms with E-state index >= 15 is 0 Å². The van der Waals surface area contributed by atoms with Gasteiger partial charge < -0.3 is 5.73 Å². The Hall–Kier alpha value is -0.950. The van der Waals surface area contributed by atoms with Gasteiger partial charge in [0.2, 0.25) is 0 Å².